The molecule has 6 aromatic heterocycles. The van der Waals surface area contributed by atoms with E-state index in [-0.39, 0.29) is 102 Å². The van der Waals surface area contributed by atoms with E-state index >= 15 is 0 Å². The number of aromatic carboxylic acids is 1. The fraction of sp³-hybridized carbons (Fsp3) is 0.515. The van der Waals surface area contributed by atoms with Crippen LogP contribution < -0.4 is 78.6 Å². The van der Waals surface area contributed by atoms with Crippen LogP contribution in [0.15, 0.2) is 107 Å². The summed E-state index contributed by atoms with van der Waals surface area (Å²) >= 11 is 8.73. The zero-order valence-electron chi connectivity index (χ0n) is 85.9. The number of esters is 1. The Bertz CT molecular complexity index is 5590. The van der Waals surface area contributed by atoms with Crippen molar-refractivity contribution >= 4 is 214 Å². The molecule has 0 radical (unpaired) electrons. The molecule has 0 saturated carbocycles. The molecule has 8 amide bonds. The average molecular weight is 2120 g/mol. The number of rotatable bonds is 35. The Labute approximate surface area is 881 Å². The molecule has 780 valence electrons. The number of amides is 8. The normalized spacial score (nSPS) is 14.3. The van der Waals surface area contributed by atoms with Crippen LogP contribution in [0.2, 0.25) is 0 Å². The van der Waals surface area contributed by atoms with Crippen molar-refractivity contribution in [1.82, 2.24) is 50.8 Å². The maximum Gasteiger partial charge on any atom is 1.00 e. The van der Waals surface area contributed by atoms with Gasteiger partial charge in [-0.15, -0.1) is 45.3 Å². The molecule has 2 fully saturated rings. The number of carboxylic acids is 1. The van der Waals surface area contributed by atoms with E-state index in [9.17, 15) is 52.7 Å². The molecule has 0 bridgehead atoms. The molecular formula is C101H143BrLiN21O16S4. The van der Waals surface area contributed by atoms with Gasteiger partial charge in [0.1, 0.15) is 55.9 Å². The van der Waals surface area contributed by atoms with Crippen molar-refractivity contribution in [1.29, 1.82) is 0 Å². The van der Waals surface area contributed by atoms with Crippen molar-refractivity contribution in [2.75, 3.05) is 127 Å². The van der Waals surface area contributed by atoms with E-state index in [0.29, 0.717) is 182 Å². The largest absolute Gasteiger partial charge is 1.00 e. The number of alkyl carbamates (subject to hydrolysis) is 2. The molecule has 37 nitrogen and oxygen atoms in total. The number of anilines is 3. The molecule has 144 heavy (non-hydrogen) atoms. The number of carbonyl (C=O) groups excluding carboxylic acids is 10. The Hall–Kier alpha value is -11.7. The van der Waals surface area contributed by atoms with Crippen LogP contribution in [0.1, 0.15) is 254 Å². The summed E-state index contributed by atoms with van der Waals surface area (Å²) in [7, 11) is 1.34. The molecular weight excluding hydrogens is 1980 g/mol. The molecule has 12 heterocycles. The van der Waals surface area contributed by atoms with Gasteiger partial charge in [0.2, 0.25) is 35.4 Å². The third kappa shape index (κ3) is 38.4. The van der Waals surface area contributed by atoms with Crippen molar-refractivity contribution in [3.8, 4) is 0 Å². The maximum atomic E-state index is 13.3. The summed E-state index contributed by atoms with van der Waals surface area (Å²) in [5.74, 6) is 1.65. The summed E-state index contributed by atoms with van der Waals surface area (Å²) < 4.78 is 16.1. The number of ether oxygens (including phenoxy) is 3. The van der Waals surface area contributed by atoms with Crippen LogP contribution in [0.25, 0.3) is 24.3 Å². The number of amidine groups is 4. The Kier molecular flexibility index (Phi) is 50.2. The molecule has 12 rings (SSSR count). The van der Waals surface area contributed by atoms with Gasteiger partial charge in [-0.25, -0.2) is 49.1 Å². The molecule has 0 aromatic carbocycles. The fourth-order valence-corrected chi connectivity index (χ4v) is 20.3. The summed E-state index contributed by atoms with van der Waals surface area (Å²) in [6.45, 7) is 37.3. The number of pyridine rings is 2. The molecule has 0 atom stereocenters. The third-order valence-corrected chi connectivity index (χ3v) is 27.1. The maximum absolute atomic E-state index is 13.3. The molecule has 16 N–H and O–H groups in total. The van der Waals surface area contributed by atoms with Crippen LogP contribution in [0.5, 0.6) is 0 Å². The van der Waals surface area contributed by atoms with Gasteiger partial charge in [-0.2, -0.15) is 0 Å². The zero-order valence-corrected chi connectivity index (χ0v) is 90.8. The Morgan fingerprint density at radius 1 is 0.438 bits per heavy atom. The van der Waals surface area contributed by atoms with Crippen molar-refractivity contribution in [3.05, 3.63) is 127 Å². The van der Waals surface area contributed by atoms with Gasteiger partial charge in [-0.1, -0.05) is 61.5 Å². The quantitative estimate of drug-likeness (QED) is 0.00581. The molecule has 2 saturated heterocycles. The van der Waals surface area contributed by atoms with Gasteiger partial charge in [-0.05, 0) is 207 Å². The van der Waals surface area contributed by atoms with Crippen LogP contribution >= 0.6 is 61.3 Å². The van der Waals surface area contributed by atoms with Gasteiger partial charge in [0, 0.05) is 177 Å². The first kappa shape index (κ1) is 121. The van der Waals surface area contributed by atoms with Gasteiger partial charge in [0.25, 0.3) is 0 Å². The number of fused-ring (bicyclic) bond motifs is 4. The number of nitrogens with zero attached hydrogens (tertiary/aromatic N) is 12. The number of ketones is 1. The van der Waals surface area contributed by atoms with Crippen LogP contribution in [0, 0.1) is 11.8 Å². The van der Waals surface area contributed by atoms with Crippen molar-refractivity contribution in [3.63, 3.8) is 0 Å². The molecule has 6 aliphatic heterocycles. The minimum atomic E-state index is -1.00. The van der Waals surface area contributed by atoms with Crippen LogP contribution in [-0.2, 0) is 49.4 Å². The number of nitrogen functional groups attached to an aromatic ring is 1. The summed E-state index contributed by atoms with van der Waals surface area (Å²) in [5.41, 5.74) is 35.1. The Morgan fingerprint density at radius 2 is 0.743 bits per heavy atom. The van der Waals surface area contributed by atoms with Gasteiger partial charge in [0.05, 0.1) is 69.9 Å². The second-order valence-corrected chi connectivity index (χ2v) is 42.4. The number of piperidine rings is 2. The number of carbonyl (C=O) groups is 11. The van der Waals surface area contributed by atoms with Crippen molar-refractivity contribution in [2.45, 2.75) is 217 Å². The molecule has 0 unspecified atom stereocenters. The predicted molar refractivity (Wildman–Crippen MR) is 575 cm³/mol. The Balaban J connectivity index is 0.000000286. The van der Waals surface area contributed by atoms with Gasteiger partial charge >= 0.3 is 43.0 Å². The smallest absolute Gasteiger partial charge is 0.870 e. The van der Waals surface area contributed by atoms with Crippen LogP contribution in [0.4, 0.5) is 49.7 Å². The van der Waals surface area contributed by atoms with Gasteiger partial charge in [0.15, 0.2) is 5.78 Å². The minimum absolute atomic E-state index is 0. The number of hydrogen-bond acceptors (Lipinski definition) is 32. The van der Waals surface area contributed by atoms with E-state index in [4.69, 9.17) is 48.0 Å². The zero-order chi connectivity index (χ0) is 104. The van der Waals surface area contributed by atoms with Gasteiger partial charge < -0.3 is 104 Å². The standard InChI is InChI=1S/C35H49N7O5S.C18H29N5O3.C17H23N3O3S.C16H21N3O3S.C15H20BrN3OS.Li.H2O/c1-6-14-42(15-7-2)33(45)25-19-28-26(40-30(36)20-25)21-29(48-28)27(43)18-23-8-9-31(39-22-23)41-16-10-24(11-17-41)32(44)37-12-13-38-34(46)47-35(3,4)5;1-18(2,3)26-17(25)21-9-8-20-16(24)13-6-10-23(11-7-13)15-5-4-14(19)12-22-15;1-4-6-20(7-5-2)16(21)11-8-13-12(19-15(18)9-11)10-14(24-13)17(22)23-3;1-3-5-19(6-4-2)15(20)10-7-12-11(18-14(17)8-10)9-13(23-12)16(21)22;1-3-5-19(6-4-2)15(20)10-7-12-11(9-13(16)21-12)18-14(17)8-10;;/h8-9,19,21-22,24H,6-7,10-18,20H2,1-5H3,(H2,36,40)(H,37,44)(H,38,46);4-5,12-13H,6-11,19H2,1-3H3,(H,20,24)(H,21,25);8,10H,4-7,9H2,1-3H3,(H2,18,19);7,9H,3-6,8H2,1-2H3,(H2,17,18)(H,21,22);7,9H,3-6,8H2,1-2H3,(H2,17,18);;1H2/q;;;;;+1;/p-1. The predicted octanol–water partition coefficient (Wildman–Crippen LogP) is 13.0. The summed E-state index contributed by atoms with van der Waals surface area (Å²) in [4.78, 5) is 178. The molecule has 0 spiro atoms. The minimum Gasteiger partial charge on any atom is -0.870 e. The van der Waals surface area contributed by atoms with E-state index in [0.717, 1.165) is 149 Å². The molecule has 43 heteroatoms. The third-order valence-electron chi connectivity index (χ3n) is 22.3. The number of nitrogens with two attached hydrogens (primary N) is 5. The second kappa shape index (κ2) is 59.7. The first-order chi connectivity index (χ1) is 67.6. The van der Waals surface area contributed by atoms with Gasteiger partial charge in [-0.3, -0.25) is 33.6 Å². The van der Waals surface area contributed by atoms with E-state index < -0.39 is 35.3 Å². The number of carboxylic acid groups (broad SMARTS) is 1. The number of methoxy groups -OCH3 is 1. The number of halogens is 1. The van der Waals surface area contributed by atoms with E-state index in [1.165, 1.54) is 35.8 Å². The number of thiophene rings is 4. The number of Topliss-reactive ketones (excluding diaryl/α,β-unsaturated/α-hetero) is 1. The molecule has 6 aliphatic rings. The van der Waals surface area contributed by atoms with Crippen LogP contribution in [-0.4, -0.2) is 252 Å². The first-order valence-electron chi connectivity index (χ1n) is 48.6. The number of aliphatic imine (C=N–C) groups is 4. The number of nitrogens with one attached hydrogen (secondary N) is 4. The number of aromatic nitrogens is 2. The first-order valence-corrected chi connectivity index (χ1v) is 52.7. The second-order valence-electron chi connectivity index (χ2n) is 36.7. The summed E-state index contributed by atoms with van der Waals surface area (Å²) in [6, 6.07) is 14.4. The van der Waals surface area contributed by atoms with Crippen molar-refractivity contribution < 1.29 is 96.4 Å². The SMILES string of the molecule is CC(C)(C)OC(=O)NCCNC(=O)C1CCN(c2ccc(N)cn2)CC1.CCCN(CCC)C(=O)C1=Cc2sc(Br)cc2N=C(N)C1.CCCN(CCC)C(=O)C1=Cc2sc(C(=O)Cc3ccc(N4CCC(C(=O)NCCNC(=O)OC(C)(C)C)CC4)nc3)cc2N=C(N)C1.CCCN(CCC)C(=O)C1=Cc2sc(C(=O)O)cc2N=C(N)C1.CCCN(CCC)C(=O)C1=Cc2sc(C(=O)OC)cc2N=C(N)C1.[Li+].[OH-]. The van der Waals surface area contributed by atoms with Crippen LogP contribution in [0.3, 0.4) is 0 Å². The van der Waals surface area contributed by atoms with Crippen molar-refractivity contribution in [2.24, 2.45) is 54.7 Å². The Morgan fingerprint density at radius 3 is 1.06 bits per heavy atom. The van der Waals surface area contributed by atoms with E-state index in [1.807, 2.05) is 89.8 Å². The monoisotopic (exact) mass is 2120 g/mol. The number of hydrogen-bond donors (Lipinski definition) is 10. The van der Waals surface area contributed by atoms with E-state index in [2.05, 4.69) is 105 Å². The fourth-order valence-electron chi connectivity index (χ4n) is 15.9. The molecule has 0 aliphatic carbocycles. The summed E-state index contributed by atoms with van der Waals surface area (Å²) in [5, 5.41) is 20.2. The topological polar surface area (TPSA) is 539 Å². The molecule has 6 aromatic rings. The summed E-state index contributed by atoms with van der Waals surface area (Å²) in [6.07, 6.45) is 21.4. The average Bonchev–Trinajstić information content (AvgIpc) is 1.69. The van der Waals surface area contributed by atoms with E-state index in [1.54, 1.807) is 89.6 Å².